The summed E-state index contributed by atoms with van der Waals surface area (Å²) < 4.78 is 10.8. The van der Waals surface area contributed by atoms with Gasteiger partial charge in [0.1, 0.15) is 5.75 Å². The van der Waals surface area contributed by atoms with Crippen molar-refractivity contribution in [3.05, 3.63) is 53.1 Å². The van der Waals surface area contributed by atoms with Crippen molar-refractivity contribution in [1.29, 1.82) is 0 Å². The highest BCUT2D eigenvalue weighted by molar-refractivity contribution is 8.00. The zero-order valence-electron chi connectivity index (χ0n) is 16.5. The molecule has 1 aliphatic rings. The van der Waals surface area contributed by atoms with Crippen molar-refractivity contribution in [3.63, 3.8) is 0 Å². The predicted octanol–water partition coefficient (Wildman–Crippen LogP) is 3.68. The largest absolute Gasteiger partial charge is 0.497 e. The third-order valence-electron chi connectivity index (χ3n) is 4.59. The van der Waals surface area contributed by atoms with Gasteiger partial charge in [-0.25, -0.2) is 0 Å². The van der Waals surface area contributed by atoms with Crippen LogP contribution in [0.4, 0.5) is 5.69 Å². The van der Waals surface area contributed by atoms with Crippen molar-refractivity contribution < 1.29 is 19.1 Å². The zero-order chi connectivity index (χ0) is 21.0. The van der Waals surface area contributed by atoms with Crippen LogP contribution in [0.3, 0.4) is 0 Å². The van der Waals surface area contributed by atoms with Gasteiger partial charge in [0.25, 0.3) is 5.91 Å². The van der Waals surface area contributed by atoms with E-state index in [1.165, 1.54) is 18.7 Å². The van der Waals surface area contributed by atoms with Crippen LogP contribution in [0.25, 0.3) is 0 Å². The number of fused-ring (bicyclic) bond motifs is 1. The molecule has 2 aromatic carbocycles. The zero-order valence-corrected chi connectivity index (χ0v) is 18.0. The summed E-state index contributed by atoms with van der Waals surface area (Å²) in [5.41, 5.74) is 1.56. The summed E-state index contributed by atoms with van der Waals surface area (Å²) in [6.07, 6.45) is -0.980. The van der Waals surface area contributed by atoms with E-state index >= 15 is 0 Å². The van der Waals surface area contributed by atoms with Crippen LogP contribution < -0.4 is 15.0 Å². The lowest BCUT2D eigenvalue weighted by Gasteiger charge is -2.27. The second-order valence-electron chi connectivity index (χ2n) is 6.52. The van der Waals surface area contributed by atoms with Crippen LogP contribution in [0.2, 0.25) is 5.02 Å². The molecule has 1 aliphatic heterocycles. The number of methoxy groups -OCH3 is 1. The Kier molecular flexibility index (Phi) is 7.05. The predicted molar refractivity (Wildman–Crippen MR) is 115 cm³/mol. The first-order chi connectivity index (χ1) is 14.0. The van der Waals surface area contributed by atoms with Gasteiger partial charge in [0, 0.05) is 20.0 Å². The molecule has 0 spiro atoms. The maximum absolute atomic E-state index is 13.5. The molecule has 1 amide bonds. The van der Waals surface area contributed by atoms with Crippen molar-refractivity contribution >= 4 is 40.9 Å². The van der Waals surface area contributed by atoms with Gasteiger partial charge in [0.2, 0.25) is 0 Å². The van der Waals surface area contributed by atoms with Gasteiger partial charge in [-0.3, -0.25) is 9.59 Å². The summed E-state index contributed by atoms with van der Waals surface area (Å²) in [5, 5.41) is 3.16. The van der Waals surface area contributed by atoms with Crippen LogP contribution in [-0.2, 0) is 14.3 Å². The van der Waals surface area contributed by atoms with Gasteiger partial charge in [-0.05, 0) is 36.9 Å². The van der Waals surface area contributed by atoms with E-state index in [9.17, 15) is 9.59 Å². The lowest BCUT2D eigenvalue weighted by molar-refractivity contribution is -0.152. The van der Waals surface area contributed by atoms with Crippen molar-refractivity contribution in [2.45, 2.75) is 23.2 Å². The number of esters is 1. The molecule has 1 heterocycles. The highest BCUT2D eigenvalue weighted by Gasteiger charge is 2.41. The molecule has 6 nitrogen and oxygen atoms in total. The molecule has 0 bridgehead atoms. The number of hydrogen-bond donors (Lipinski definition) is 1. The van der Waals surface area contributed by atoms with E-state index in [4.69, 9.17) is 21.1 Å². The fourth-order valence-corrected chi connectivity index (χ4v) is 4.82. The average molecular weight is 435 g/mol. The second kappa shape index (κ2) is 9.52. The number of carbonyl (C=O) groups excluding carboxylic acids is 2. The molecule has 1 N–H and O–H groups in total. The number of thioether (sulfide) groups is 1. The van der Waals surface area contributed by atoms with Crippen molar-refractivity contribution in [1.82, 2.24) is 5.32 Å². The van der Waals surface area contributed by atoms with Crippen molar-refractivity contribution in [3.8, 4) is 5.75 Å². The minimum Gasteiger partial charge on any atom is -0.497 e. The molecule has 154 valence electrons. The van der Waals surface area contributed by atoms with Crippen molar-refractivity contribution in [2.24, 2.45) is 0 Å². The van der Waals surface area contributed by atoms with Gasteiger partial charge < -0.3 is 19.7 Å². The Labute approximate surface area is 179 Å². The summed E-state index contributed by atoms with van der Waals surface area (Å²) in [5.74, 6) is -0.0744. The molecule has 0 fully saturated rings. The number of likely N-dealkylation sites (N-methyl/N-ethyl adjacent to an activating group) is 1. The number of rotatable bonds is 6. The van der Waals surface area contributed by atoms with Crippen LogP contribution in [0, 0.1) is 0 Å². The molecule has 0 saturated carbocycles. The smallest absolute Gasteiger partial charge is 0.303 e. The fraction of sp³-hybridized carbons (Fsp3) is 0.333. The summed E-state index contributed by atoms with van der Waals surface area (Å²) >= 11 is 7.94. The summed E-state index contributed by atoms with van der Waals surface area (Å²) in [7, 11) is 3.41. The number of halogens is 1. The van der Waals surface area contributed by atoms with E-state index in [1.807, 2.05) is 43.4 Å². The molecule has 2 atom stereocenters. The minimum atomic E-state index is -0.980. The summed E-state index contributed by atoms with van der Waals surface area (Å²) in [6, 6.07) is 12.9. The average Bonchev–Trinajstić information content (AvgIpc) is 2.82. The molecule has 0 saturated heterocycles. The number of amides is 1. The monoisotopic (exact) mass is 434 g/mol. The molecular formula is C21H23ClN2O4S. The summed E-state index contributed by atoms with van der Waals surface area (Å²) in [6.45, 7) is 2.32. The fourth-order valence-electron chi connectivity index (χ4n) is 3.20. The number of benzene rings is 2. The van der Waals surface area contributed by atoms with Gasteiger partial charge in [-0.15, -0.1) is 11.8 Å². The first kappa shape index (κ1) is 21.5. The maximum atomic E-state index is 13.5. The molecule has 3 rings (SSSR count). The highest BCUT2D eigenvalue weighted by Crippen LogP contribution is 2.49. The Balaban J connectivity index is 2.12. The first-order valence-corrected chi connectivity index (χ1v) is 10.4. The van der Waals surface area contributed by atoms with Gasteiger partial charge in [0.15, 0.2) is 6.10 Å². The van der Waals surface area contributed by atoms with E-state index in [0.717, 1.165) is 16.1 Å². The van der Waals surface area contributed by atoms with Crippen LogP contribution in [0.1, 0.15) is 17.7 Å². The molecule has 8 heteroatoms. The molecular weight excluding hydrogens is 412 g/mol. The maximum Gasteiger partial charge on any atom is 0.303 e. The van der Waals surface area contributed by atoms with E-state index < -0.39 is 17.3 Å². The molecule has 2 aromatic rings. The Bertz CT molecular complexity index is 891. The topological polar surface area (TPSA) is 67.9 Å². The minimum absolute atomic E-state index is 0.273. The number of nitrogens with one attached hydrogen (secondary N) is 1. The lowest BCUT2D eigenvalue weighted by atomic mass is 10.1. The Morgan fingerprint density at radius 3 is 2.59 bits per heavy atom. The molecule has 0 aliphatic carbocycles. The SMILES string of the molecule is CNCCN1C(=O)[C@H](OC(C)=O)[C@H](c2ccc(OC)cc2)Sc2c(Cl)cccc21. The highest BCUT2D eigenvalue weighted by atomic mass is 35.5. The van der Waals surface area contributed by atoms with E-state index in [1.54, 1.807) is 18.1 Å². The number of anilines is 1. The molecule has 0 radical (unpaired) electrons. The van der Waals surface area contributed by atoms with Gasteiger partial charge >= 0.3 is 5.97 Å². The third kappa shape index (κ3) is 4.69. The van der Waals surface area contributed by atoms with E-state index in [2.05, 4.69) is 5.32 Å². The van der Waals surface area contributed by atoms with E-state index in [-0.39, 0.29) is 5.91 Å². The third-order valence-corrected chi connectivity index (χ3v) is 6.45. The van der Waals surface area contributed by atoms with Gasteiger partial charge in [-0.1, -0.05) is 29.8 Å². The molecule has 0 unspecified atom stereocenters. The molecule has 0 aromatic heterocycles. The first-order valence-electron chi connectivity index (χ1n) is 9.18. The Morgan fingerprint density at radius 1 is 1.24 bits per heavy atom. The number of ether oxygens (including phenoxy) is 2. The van der Waals surface area contributed by atoms with Gasteiger partial charge in [0.05, 0.1) is 28.0 Å². The Hall–Kier alpha value is -2.22. The normalized spacial score (nSPS) is 18.8. The van der Waals surface area contributed by atoms with Crippen molar-refractivity contribution in [2.75, 3.05) is 32.1 Å². The van der Waals surface area contributed by atoms with Crippen LogP contribution in [-0.4, -0.2) is 45.2 Å². The van der Waals surface area contributed by atoms with E-state index in [0.29, 0.717) is 23.9 Å². The molecule has 29 heavy (non-hydrogen) atoms. The van der Waals surface area contributed by atoms with Crippen LogP contribution in [0.15, 0.2) is 47.4 Å². The number of hydrogen-bond acceptors (Lipinski definition) is 6. The lowest BCUT2D eigenvalue weighted by Crippen LogP contribution is -2.45. The number of carbonyl (C=O) groups is 2. The van der Waals surface area contributed by atoms with Crippen LogP contribution in [0.5, 0.6) is 5.75 Å². The second-order valence-corrected chi connectivity index (χ2v) is 8.08. The number of nitrogens with zero attached hydrogens (tertiary/aromatic N) is 1. The summed E-state index contributed by atoms with van der Waals surface area (Å²) in [4.78, 5) is 27.8. The quantitative estimate of drug-likeness (QED) is 0.699. The van der Waals surface area contributed by atoms with Crippen LogP contribution >= 0.6 is 23.4 Å². The standard InChI is InChI=1S/C21H23ClN2O4S/c1-13(25)28-18-19(14-7-9-15(27-3)10-8-14)29-20-16(22)5-4-6-17(20)24(21(18)26)12-11-23-2/h4-10,18-19,23H,11-12H2,1-3H3/t18-,19+/m1/s1. The van der Waals surface area contributed by atoms with Gasteiger partial charge in [-0.2, -0.15) is 0 Å². The Morgan fingerprint density at radius 2 is 1.97 bits per heavy atom.